The number of nitrogens with two attached hydrogens (primary N) is 2. The summed E-state index contributed by atoms with van der Waals surface area (Å²) in [6, 6.07) is 1.62. The third-order valence-electron chi connectivity index (χ3n) is 3.26. The fraction of sp³-hybridized carbons (Fsp3) is 0.357. The molecular weight excluding hydrogens is 302 g/mol. The molecule has 118 valence electrons. The molecule has 0 spiro atoms. The minimum Gasteiger partial charge on any atom is -0.364 e. The van der Waals surface area contributed by atoms with Crippen LogP contribution in [0.4, 0.5) is 5.13 Å². The molecule has 0 saturated heterocycles. The predicted molar refractivity (Wildman–Crippen MR) is 86.5 cm³/mol. The summed E-state index contributed by atoms with van der Waals surface area (Å²) in [7, 11) is 0. The summed E-state index contributed by atoms with van der Waals surface area (Å²) in [5, 5.41) is 4.98. The van der Waals surface area contributed by atoms with Crippen LogP contribution in [0.3, 0.4) is 0 Å². The summed E-state index contributed by atoms with van der Waals surface area (Å²) in [5.41, 5.74) is 11.9. The molecule has 2 aromatic rings. The van der Waals surface area contributed by atoms with Crippen LogP contribution in [0.5, 0.6) is 0 Å². The van der Waals surface area contributed by atoms with Crippen LogP contribution in [0.25, 0.3) is 11.3 Å². The summed E-state index contributed by atoms with van der Waals surface area (Å²) in [6.07, 6.45) is 3.06. The average Bonchev–Trinajstić information content (AvgIpc) is 3.06. The summed E-state index contributed by atoms with van der Waals surface area (Å²) in [5.74, 6) is -0.796. The van der Waals surface area contributed by atoms with Crippen LogP contribution in [-0.2, 0) is 4.79 Å². The molecule has 0 radical (unpaired) electrons. The molecule has 7 nitrogen and oxygen atoms in total. The van der Waals surface area contributed by atoms with Gasteiger partial charge in [-0.05, 0) is 19.4 Å². The number of thiazole rings is 1. The molecule has 0 aliphatic rings. The molecule has 0 aromatic carbocycles. The van der Waals surface area contributed by atoms with Crippen LogP contribution in [0.15, 0.2) is 17.6 Å². The monoisotopic (exact) mass is 321 g/mol. The van der Waals surface area contributed by atoms with E-state index in [1.54, 1.807) is 24.6 Å². The molecule has 1 unspecified atom stereocenters. The Morgan fingerprint density at radius 1 is 1.50 bits per heavy atom. The molecule has 0 aliphatic heterocycles. The summed E-state index contributed by atoms with van der Waals surface area (Å²) in [4.78, 5) is 30.3. The molecule has 0 saturated carbocycles. The number of anilines is 1. The Kier molecular flexibility index (Phi) is 4.62. The second-order valence-electron chi connectivity index (χ2n) is 5.33. The molecular formula is C14H19N5O2S. The highest BCUT2D eigenvalue weighted by Gasteiger charge is 2.27. The van der Waals surface area contributed by atoms with E-state index in [1.807, 2.05) is 6.92 Å². The molecule has 6 N–H and O–H groups in total. The lowest BCUT2D eigenvalue weighted by atomic mass is 9.97. The van der Waals surface area contributed by atoms with Crippen molar-refractivity contribution in [3.05, 3.63) is 23.3 Å². The van der Waals surface area contributed by atoms with Crippen molar-refractivity contribution in [1.29, 1.82) is 0 Å². The Morgan fingerprint density at radius 3 is 2.82 bits per heavy atom. The van der Waals surface area contributed by atoms with Gasteiger partial charge >= 0.3 is 0 Å². The smallest absolute Gasteiger partial charge is 0.265 e. The van der Waals surface area contributed by atoms with Gasteiger partial charge in [0.1, 0.15) is 5.69 Å². The van der Waals surface area contributed by atoms with Gasteiger partial charge in [0.05, 0.1) is 11.2 Å². The number of aromatic nitrogens is 2. The van der Waals surface area contributed by atoms with Crippen LogP contribution in [0, 0.1) is 0 Å². The van der Waals surface area contributed by atoms with E-state index in [9.17, 15) is 9.59 Å². The highest BCUT2D eigenvalue weighted by atomic mass is 32.1. The number of nitrogens with one attached hydrogen (secondary N) is 2. The highest BCUT2D eigenvalue weighted by Crippen LogP contribution is 2.26. The third-order valence-corrected chi connectivity index (χ3v) is 4.01. The Labute approximate surface area is 132 Å². The van der Waals surface area contributed by atoms with E-state index in [4.69, 9.17) is 11.5 Å². The average molecular weight is 321 g/mol. The molecule has 22 heavy (non-hydrogen) atoms. The molecule has 0 aliphatic carbocycles. The zero-order valence-corrected chi connectivity index (χ0v) is 13.3. The molecule has 2 aromatic heterocycles. The first-order valence-corrected chi connectivity index (χ1v) is 7.76. The van der Waals surface area contributed by atoms with Crippen molar-refractivity contribution in [2.24, 2.45) is 11.5 Å². The summed E-state index contributed by atoms with van der Waals surface area (Å²) >= 11 is 1.30. The van der Waals surface area contributed by atoms with Crippen molar-refractivity contribution in [3.63, 3.8) is 0 Å². The number of amides is 2. The Morgan fingerprint density at radius 2 is 2.23 bits per heavy atom. The number of rotatable bonds is 6. The van der Waals surface area contributed by atoms with Crippen LogP contribution in [-0.4, -0.2) is 27.3 Å². The fourth-order valence-corrected chi connectivity index (χ4v) is 2.74. The maximum absolute atomic E-state index is 12.1. The molecule has 2 amide bonds. The third kappa shape index (κ3) is 3.52. The standard InChI is InChI=1S/C14H19N5O2S/c1-3-4-14(2,16)12(21)19-13-18-10(7-22-13)8-5-9(11(15)20)17-6-8/h5-7,17H,3-4,16H2,1-2H3,(H2,15,20)(H,18,19,21). The van der Waals surface area contributed by atoms with Crippen molar-refractivity contribution < 1.29 is 9.59 Å². The maximum Gasteiger partial charge on any atom is 0.265 e. The number of carbonyl (C=O) groups excluding carboxylic acids is 2. The maximum atomic E-state index is 12.1. The number of carbonyl (C=O) groups is 2. The fourth-order valence-electron chi connectivity index (χ4n) is 2.02. The Bertz CT molecular complexity index is 689. The second kappa shape index (κ2) is 6.29. The van der Waals surface area contributed by atoms with E-state index < -0.39 is 11.4 Å². The lowest BCUT2D eigenvalue weighted by molar-refractivity contribution is -0.120. The van der Waals surface area contributed by atoms with Gasteiger partial charge in [-0.3, -0.25) is 9.59 Å². The predicted octanol–water partition coefficient (Wildman–Crippen LogP) is 1.69. The topological polar surface area (TPSA) is 127 Å². The van der Waals surface area contributed by atoms with Gasteiger partial charge in [-0.15, -0.1) is 11.3 Å². The van der Waals surface area contributed by atoms with Crippen LogP contribution < -0.4 is 16.8 Å². The molecule has 8 heteroatoms. The SMILES string of the molecule is CCCC(C)(N)C(=O)Nc1nc(-c2c[nH]c(C(N)=O)c2)cs1. The number of nitrogens with zero attached hydrogens (tertiary/aromatic N) is 1. The van der Waals surface area contributed by atoms with Gasteiger partial charge in [0.25, 0.3) is 5.91 Å². The van der Waals surface area contributed by atoms with Gasteiger partial charge in [-0.2, -0.15) is 0 Å². The first kappa shape index (κ1) is 16.2. The molecule has 0 fully saturated rings. The van der Waals surface area contributed by atoms with Crippen molar-refractivity contribution in [2.75, 3.05) is 5.32 Å². The lowest BCUT2D eigenvalue weighted by Crippen LogP contribution is -2.48. The number of aromatic amines is 1. The zero-order valence-electron chi connectivity index (χ0n) is 12.5. The number of hydrogen-bond donors (Lipinski definition) is 4. The normalized spacial score (nSPS) is 13.6. The molecule has 2 heterocycles. The van der Waals surface area contributed by atoms with Crippen LogP contribution >= 0.6 is 11.3 Å². The molecule has 1 atom stereocenters. The summed E-state index contributed by atoms with van der Waals surface area (Å²) < 4.78 is 0. The minimum absolute atomic E-state index is 0.262. The minimum atomic E-state index is -0.923. The van der Waals surface area contributed by atoms with Crippen molar-refractivity contribution >= 4 is 28.3 Å². The number of primary amides is 1. The van der Waals surface area contributed by atoms with Gasteiger partial charge in [-0.25, -0.2) is 4.98 Å². The number of hydrogen-bond acceptors (Lipinski definition) is 5. The van der Waals surface area contributed by atoms with Gasteiger partial charge in [0.2, 0.25) is 5.91 Å². The zero-order chi connectivity index (χ0) is 16.3. The van der Waals surface area contributed by atoms with Gasteiger partial charge in [0, 0.05) is 17.1 Å². The lowest BCUT2D eigenvalue weighted by Gasteiger charge is -2.21. The van der Waals surface area contributed by atoms with Crippen molar-refractivity contribution in [1.82, 2.24) is 9.97 Å². The first-order chi connectivity index (χ1) is 10.3. The van der Waals surface area contributed by atoms with Crippen LogP contribution in [0.2, 0.25) is 0 Å². The number of H-pyrrole nitrogens is 1. The van der Waals surface area contributed by atoms with Crippen LogP contribution in [0.1, 0.15) is 37.2 Å². The van der Waals surface area contributed by atoms with E-state index in [0.717, 1.165) is 12.0 Å². The first-order valence-electron chi connectivity index (χ1n) is 6.88. The van der Waals surface area contributed by atoms with E-state index in [2.05, 4.69) is 15.3 Å². The highest BCUT2D eigenvalue weighted by molar-refractivity contribution is 7.14. The molecule has 2 rings (SSSR count). The Balaban J connectivity index is 2.11. The van der Waals surface area contributed by atoms with Gasteiger partial charge in [0.15, 0.2) is 5.13 Å². The van der Waals surface area contributed by atoms with Crippen molar-refractivity contribution in [3.8, 4) is 11.3 Å². The van der Waals surface area contributed by atoms with Gasteiger partial charge in [-0.1, -0.05) is 13.3 Å². The van der Waals surface area contributed by atoms with E-state index >= 15 is 0 Å². The Hall–Kier alpha value is -2.19. The van der Waals surface area contributed by atoms with Gasteiger partial charge < -0.3 is 21.8 Å². The largest absolute Gasteiger partial charge is 0.364 e. The van der Waals surface area contributed by atoms with Crippen molar-refractivity contribution in [2.45, 2.75) is 32.2 Å². The van der Waals surface area contributed by atoms with E-state index in [-0.39, 0.29) is 5.91 Å². The van der Waals surface area contributed by atoms with E-state index in [1.165, 1.54) is 11.3 Å². The van der Waals surface area contributed by atoms with E-state index in [0.29, 0.717) is 22.9 Å². The summed E-state index contributed by atoms with van der Waals surface area (Å²) in [6.45, 7) is 3.67. The second-order valence-corrected chi connectivity index (χ2v) is 6.18. The molecule has 0 bridgehead atoms. The quantitative estimate of drug-likeness (QED) is 0.645.